The van der Waals surface area contributed by atoms with Crippen molar-refractivity contribution in [2.75, 3.05) is 26.3 Å². The van der Waals surface area contributed by atoms with Gasteiger partial charge >= 0.3 is 0 Å². The summed E-state index contributed by atoms with van der Waals surface area (Å²) in [5.74, 6) is 0.999. The van der Waals surface area contributed by atoms with Crippen molar-refractivity contribution in [1.82, 2.24) is 4.90 Å². The van der Waals surface area contributed by atoms with Crippen LogP contribution in [-0.2, 0) is 9.53 Å². The van der Waals surface area contributed by atoms with Crippen LogP contribution in [0.25, 0.3) is 0 Å². The van der Waals surface area contributed by atoms with E-state index in [1.807, 2.05) is 0 Å². The van der Waals surface area contributed by atoms with Crippen molar-refractivity contribution >= 4 is 5.78 Å². The zero-order valence-electron chi connectivity index (χ0n) is 9.58. The molecule has 86 valence electrons. The highest BCUT2D eigenvalue weighted by atomic mass is 16.5. The van der Waals surface area contributed by atoms with Crippen molar-refractivity contribution in [1.29, 1.82) is 0 Å². The van der Waals surface area contributed by atoms with Crippen molar-refractivity contribution in [2.45, 2.75) is 38.6 Å². The van der Waals surface area contributed by atoms with Crippen LogP contribution >= 0.6 is 0 Å². The number of Topliss-reactive ketones (excluding diaryl/α,β-unsaturated/α-hetero) is 1. The molecule has 0 saturated carbocycles. The van der Waals surface area contributed by atoms with Gasteiger partial charge in [0.15, 0.2) is 0 Å². The van der Waals surface area contributed by atoms with Crippen LogP contribution < -0.4 is 0 Å². The van der Waals surface area contributed by atoms with Gasteiger partial charge in [0.25, 0.3) is 0 Å². The Bertz CT molecular complexity index is 224. The lowest BCUT2D eigenvalue weighted by Gasteiger charge is -2.35. The van der Waals surface area contributed by atoms with Crippen molar-refractivity contribution in [3.05, 3.63) is 0 Å². The minimum Gasteiger partial charge on any atom is -0.381 e. The number of ketones is 1. The molecule has 15 heavy (non-hydrogen) atoms. The minimum atomic E-state index is 0.194. The molecule has 0 spiro atoms. The molecule has 2 fully saturated rings. The summed E-state index contributed by atoms with van der Waals surface area (Å²) in [5, 5.41) is 0. The molecule has 2 aliphatic heterocycles. The van der Waals surface area contributed by atoms with E-state index in [0.717, 1.165) is 32.7 Å². The Labute approximate surface area is 91.8 Å². The standard InChI is InChI=1S/C12H21NO2/c1-10(14)12-4-2-3-6-13(12)8-11-5-7-15-9-11/h11-12H,2-9H2,1H3. The van der Waals surface area contributed by atoms with Crippen LogP contribution in [0.5, 0.6) is 0 Å². The number of rotatable bonds is 3. The first-order valence-electron chi connectivity index (χ1n) is 6.09. The van der Waals surface area contributed by atoms with Gasteiger partial charge in [0.05, 0.1) is 12.6 Å². The second kappa shape index (κ2) is 5.08. The lowest BCUT2D eigenvalue weighted by atomic mass is 9.97. The number of hydrogen-bond acceptors (Lipinski definition) is 3. The molecule has 0 bridgehead atoms. The Morgan fingerprint density at radius 2 is 2.27 bits per heavy atom. The van der Waals surface area contributed by atoms with Gasteiger partial charge in [-0.1, -0.05) is 6.42 Å². The molecule has 2 atom stereocenters. The number of piperidine rings is 1. The SMILES string of the molecule is CC(=O)C1CCCCN1CC1CCOC1. The van der Waals surface area contributed by atoms with Gasteiger partial charge in [0.1, 0.15) is 5.78 Å². The van der Waals surface area contributed by atoms with Crippen molar-refractivity contribution in [3.63, 3.8) is 0 Å². The number of hydrogen-bond donors (Lipinski definition) is 0. The lowest BCUT2D eigenvalue weighted by Crippen LogP contribution is -2.46. The molecule has 3 heteroatoms. The van der Waals surface area contributed by atoms with Crippen LogP contribution in [0, 0.1) is 5.92 Å². The van der Waals surface area contributed by atoms with Crippen LogP contribution in [-0.4, -0.2) is 43.0 Å². The normalized spacial score (nSPS) is 33.1. The van der Waals surface area contributed by atoms with E-state index >= 15 is 0 Å². The largest absolute Gasteiger partial charge is 0.381 e. The van der Waals surface area contributed by atoms with E-state index in [4.69, 9.17) is 4.74 Å². The summed E-state index contributed by atoms with van der Waals surface area (Å²) in [4.78, 5) is 13.9. The first kappa shape index (κ1) is 11.1. The Hall–Kier alpha value is -0.410. The fraction of sp³-hybridized carbons (Fsp3) is 0.917. The van der Waals surface area contributed by atoms with Crippen LogP contribution in [0.15, 0.2) is 0 Å². The van der Waals surface area contributed by atoms with Gasteiger partial charge in [0, 0.05) is 13.2 Å². The maximum Gasteiger partial charge on any atom is 0.146 e. The van der Waals surface area contributed by atoms with Gasteiger partial charge in [-0.25, -0.2) is 0 Å². The summed E-state index contributed by atoms with van der Waals surface area (Å²) < 4.78 is 5.38. The molecule has 0 aromatic heterocycles. The Balaban J connectivity index is 1.89. The molecule has 0 radical (unpaired) electrons. The van der Waals surface area contributed by atoms with Gasteiger partial charge < -0.3 is 4.74 Å². The average Bonchev–Trinajstić information content (AvgIpc) is 2.71. The second-order valence-electron chi connectivity index (χ2n) is 4.85. The molecular formula is C12H21NO2. The van der Waals surface area contributed by atoms with E-state index in [0.29, 0.717) is 11.7 Å². The van der Waals surface area contributed by atoms with Gasteiger partial charge in [-0.3, -0.25) is 9.69 Å². The van der Waals surface area contributed by atoms with Crippen LogP contribution in [0.4, 0.5) is 0 Å². The van der Waals surface area contributed by atoms with Crippen LogP contribution in [0.3, 0.4) is 0 Å². The molecular weight excluding hydrogens is 190 g/mol. The maximum absolute atomic E-state index is 11.5. The number of nitrogens with zero attached hydrogens (tertiary/aromatic N) is 1. The molecule has 0 amide bonds. The first-order valence-corrected chi connectivity index (χ1v) is 6.09. The fourth-order valence-electron chi connectivity index (χ4n) is 2.73. The summed E-state index contributed by atoms with van der Waals surface area (Å²) in [6, 6.07) is 0.194. The zero-order valence-corrected chi connectivity index (χ0v) is 9.58. The Kier molecular flexibility index (Phi) is 3.76. The molecule has 2 rings (SSSR count). The number of likely N-dealkylation sites (tertiary alicyclic amines) is 1. The maximum atomic E-state index is 11.5. The monoisotopic (exact) mass is 211 g/mol. The topological polar surface area (TPSA) is 29.5 Å². The van der Waals surface area contributed by atoms with Gasteiger partial charge in [0.2, 0.25) is 0 Å². The van der Waals surface area contributed by atoms with E-state index in [9.17, 15) is 4.79 Å². The fourth-order valence-corrected chi connectivity index (χ4v) is 2.73. The zero-order chi connectivity index (χ0) is 10.7. The van der Waals surface area contributed by atoms with E-state index in [-0.39, 0.29) is 6.04 Å². The predicted molar refractivity (Wildman–Crippen MR) is 58.8 cm³/mol. The molecule has 0 aromatic rings. The van der Waals surface area contributed by atoms with Crippen LogP contribution in [0.1, 0.15) is 32.6 Å². The Morgan fingerprint density at radius 1 is 1.40 bits per heavy atom. The van der Waals surface area contributed by atoms with Crippen molar-refractivity contribution in [2.24, 2.45) is 5.92 Å². The molecule has 2 aliphatic rings. The highest BCUT2D eigenvalue weighted by Gasteiger charge is 2.28. The number of ether oxygens (including phenoxy) is 1. The Morgan fingerprint density at radius 3 is 2.93 bits per heavy atom. The summed E-state index contributed by atoms with van der Waals surface area (Å²) in [5.41, 5.74) is 0. The van der Waals surface area contributed by atoms with Gasteiger partial charge in [-0.2, -0.15) is 0 Å². The highest BCUT2D eigenvalue weighted by molar-refractivity contribution is 5.81. The molecule has 0 aliphatic carbocycles. The smallest absolute Gasteiger partial charge is 0.146 e. The molecule has 2 heterocycles. The van der Waals surface area contributed by atoms with Crippen LogP contribution in [0.2, 0.25) is 0 Å². The third-order valence-corrected chi connectivity index (χ3v) is 3.60. The highest BCUT2D eigenvalue weighted by Crippen LogP contribution is 2.22. The van der Waals surface area contributed by atoms with E-state index < -0.39 is 0 Å². The van der Waals surface area contributed by atoms with Crippen molar-refractivity contribution in [3.8, 4) is 0 Å². The number of carbonyl (C=O) groups is 1. The predicted octanol–water partition coefficient (Wildman–Crippen LogP) is 1.47. The summed E-state index contributed by atoms with van der Waals surface area (Å²) in [7, 11) is 0. The quantitative estimate of drug-likeness (QED) is 0.708. The molecule has 3 nitrogen and oxygen atoms in total. The third kappa shape index (κ3) is 2.79. The summed E-state index contributed by atoms with van der Waals surface area (Å²) in [6.45, 7) is 5.68. The molecule has 0 N–H and O–H groups in total. The van der Waals surface area contributed by atoms with E-state index in [1.54, 1.807) is 6.92 Å². The average molecular weight is 211 g/mol. The van der Waals surface area contributed by atoms with E-state index in [2.05, 4.69) is 4.90 Å². The lowest BCUT2D eigenvalue weighted by molar-refractivity contribution is -0.123. The van der Waals surface area contributed by atoms with Crippen molar-refractivity contribution < 1.29 is 9.53 Å². The molecule has 0 aromatic carbocycles. The van der Waals surface area contributed by atoms with Gasteiger partial charge in [-0.05, 0) is 38.6 Å². The van der Waals surface area contributed by atoms with Gasteiger partial charge in [-0.15, -0.1) is 0 Å². The summed E-state index contributed by atoms with van der Waals surface area (Å²) in [6.07, 6.45) is 4.68. The molecule has 2 saturated heterocycles. The molecule has 2 unspecified atom stereocenters. The third-order valence-electron chi connectivity index (χ3n) is 3.60. The van der Waals surface area contributed by atoms with E-state index in [1.165, 1.54) is 19.3 Å². The second-order valence-corrected chi connectivity index (χ2v) is 4.85. The first-order chi connectivity index (χ1) is 7.27. The minimum absolute atomic E-state index is 0.194. The number of carbonyl (C=O) groups excluding carboxylic acids is 1. The summed E-state index contributed by atoms with van der Waals surface area (Å²) >= 11 is 0.